The van der Waals surface area contributed by atoms with Crippen molar-refractivity contribution in [2.75, 3.05) is 4.72 Å². The number of nitrogens with one attached hydrogen (secondary N) is 1. The molecule has 0 atom stereocenters. The first kappa shape index (κ1) is 19.8. The Morgan fingerprint density at radius 2 is 1.48 bits per heavy atom. The van der Waals surface area contributed by atoms with E-state index < -0.39 is 26.7 Å². The summed E-state index contributed by atoms with van der Waals surface area (Å²) in [7, 11) is -4.15. The van der Waals surface area contributed by atoms with Crippen LogP contribution in [0.3, 0.4) is 0 Å². The number of hydrogen-bond donors (Lipinski definition) is 1. The summed E-state index contributed by atoms with van der Waals surface area (Å²) in [4.78, 5) is -0.464. The molecule has 0 aliphatic carbocycles. The molecule has 0 bridgehead atoms. The van der Waals surface area contributed by atoms with Crippen LogP contribution in [0.1, 0.15) is 31.9 Å². The Balaban J connectivity index is 2.35. The molecule has 8 heteroatoms. The maximum absolute atomic E-state index is 12.9. The van der Waals surface area contributed by atoms with E-state index in [0.717, 1.165) is 17.7 Å². The van der Waals surface area contributed by atoms with Crippen LogP contribution in [0.25, 0.3) is 0 Å². The number of rotatable bonds is 3. The van der Waals surface area contributed by atoms with Crippen molar-refractivity contribution in [1.29, 1.82) is 0 Å². The second kappa shape index (κ2) is 6.64. The molecule has 0 radical (unpaired) electrons. The zero-order valence-corrected chi connectivity index (χ0v) is 16.2. The lowest BCUT2D eigenvalue weighted by Crippen LogP contribution is -2.15. The Morgan fingerprint density at radius 1 is 0.920 bits per heavy atom. The van der Waals surface area contributed by atoms with Gasteiger partial charge >= 0.3 is 6.18 Å². The van der Waals surface area contributed by atoms with Gasteiger partial charge in [0, 0.05) is 10.2 Å². The molecule has 2 aromatic rings. The van der Waals surface area contributed by atoms with Crippen LogP contribution < -0.4 is 4.72 Å². The highest BCUT2D eigenvalue weighted by molar-refractivity contribution is 9.10. The minimum Gasteiger partial charge on any atom is -0.280 e. The van der Waals surface area contributed by atoms with Crippen LogP contribution in [0.15, 0.2) is 51.8 Å². The van der Waals surface area contributed by atoms with Crippen molar-refractivity contribution in [3.8, 4) is 0 Å². The fraction of sp³-hybridized carbons (Fsp3) is 0.294. The summed E-state index contributed by atoms with van der Waals surface area (Å²) in [5, 5.41) is 0. The summed E-state index contributed by atoms with van der Waals surface area (Å²) in [6.07, 6.45) is -4.64. The van der Waals surface area contributed by atoms with Gasteiger partial charge in [-0.2, -0.15) is 13.2 Å². The van der Waals surface area contributed by atoms with Crippen LogP contribution in [0, 0.1) is 0 Å². The highest BCUT2D eigenvalue weighted by atomic mass is 79.9. The van der Waals surface area contributed by atoms with E-state index in [0.29, 0.717) is 6.07 Å². The zero-order valence-electron chi connectivity index (χ0n) is 13.8. The molecule has 0 spiro atoms. The molecule has 1 N–H and O–H groups in total. The molecule has 2 rings (SSSR count). The molecule has 0 fully saturated rings. The van der Waals surface area contributed by atoms with Crippen molar-refractivity contribution >= 4 is 31.6 Å². The van der Waals surface area contributed by atoms with E-state index in [1.165, 1.54) is 0 Å². The lowest BCUT2D eigenvalue weighted by atomic mass is 9.87. The first-order chi connectivity index (χ1) is 11.3. The Bertz CT molecular complexity index is 870. The van der Waals surface area contributed by atoms with Gasteiger partial charge in [-0.25, -0.2) is 8.42 Å². The van der Waals surface area contributed by atoms with Crippen LogP contribution >= 0.6 is 15.9 Å². The van der Waals surface area contributed by atoms with E-state index in [1.54, 1.807) is 24.3 Å². The molecule has 2 aromatic carbocycles. The summed E-state index contributed by atoms with van der Waals surface area (Å²) in [5.41, 5.74) is 0.160. The lowest BCUT2D eigenvalue weighted by Gasteiger charge is -2.19. The third-order valence-corrected chi connectivity index (χ3v) is 5.33. The van der Waals surface area contributed by atoms with Gasteiger partial charge in [-0.1, -0.05) is 48.8 Å². The average Bonchev–Trinajstić information content (AvgIpc) is 2.45. The summed E-state index contributed by atoms with van der Waals surface area (Å²) in [6, 6.07) is 9.29. The Labute approximate surface area is 153 Å². The van der Waals surface area contributed by atoms with Crippen LogP contribution in [0.5, 0.6) is 0 Å². The standard InChI is InChI=1S/C17H17BrF3NO2S/c1-16(2,3)11-4-6-14(7-5-11)22-25(23,24)15-9-12(17(19,20)21)8-13(18)10-15/h4-10,22H,1-3H3. The van der Waals surface area contributed by atoms with Gasteiger partial charge in [-0.3, -0.25) is 4.72 Å². The second-order valence-corrected chi connectivity index (χ2v) is 9.20. The van der Waals surface area contributed by atoms with Crippen LogP contribution in [0.2, 0.25) is 0 Å². The number of benzene rings is 2. The van der Waals surface area contributed by atoms with Gasteiger partial charge < -0.3 is 0 Å². The summed E-state index contributed by atoms with van der Waals surface area (Å²) < 4.78 is 65.8. The minimum absolute atomic E-state index is 0.0331. The number of sulfonamides is 1. The summed E-state index contributed by atoms with van der Waals surface area (Å²) in [5.74, 6) is 0. The summed E-state index contributed by atoms with van der Waals surface area (Å²) in [6.45, 7) is 6.06. The van der Waals surface area contributed by atoms with Gasteiger partial charge in [-0.05, 0) is 41.3 Å². The molecule has 0 unspecified atom stereocenters. The van der Waals surface area contributed by atoms with Gasteiger partial charge in [0.05, 0.1) is 10.5 Å². The monoisotopic (exact) mass is 435 g/mol. The van der Waals surface area contributed by atoms with Crippen LogP contribution in [-0.4, -0.2) is 8.42 Å². The zero-order chi connectivity index (χ0) is 19.0. The quantitative estimate of drug-likeness (QED) is 0.684. The minimum atomic E-state index is -4.64. The molecule has 0 aromatic heterocycles. The van der Waals surface area contributed by atoms with E-state index >= 15 is 0 Å². The van der Waals surface area contributed by atoms with Crippen molar-refractivity contribution in [2.45, 2.75) is 37.3 Å². The largest absolute Gasteiger partial charge is 0.416 e. The number of alkyl halides is 3. The Morgan fingerprint density at radius 3 is 1.96 bits per heavy atom. The van der Waals surface area contributed by atoms with Crippen molar-refractivity contribution in [3.63, 3.8) is 0 Å². The van der Waals surface area contributed by atoms with Gasteiger partial charge in [0.1, 0.15) is 0 Å². The number of halogens is 4. The molecule has 0 aliphatic rings. The SMILES string of the molecule is CC(C)(C)c1ccc(NS(=O)(=O)c2cc(Br)cc(C(F)(F)F)c2)cc1. The molecule has 0 aliphatic heterocycles. The lowest BCUT2D eigenvalue weighted by molar-refractivity contribution is -0.137. The first-order valence-electron chi connectivity index (χ1n) is 7.30. The molecule has 0 saturated heterocycles. The topological polar surface area (TPSA) is 46.2 Å². The van der Waals surface area contributed by atoms with E-state index in [4.69, 9.17) is 0 Å². The highest BCUT2D eigenvalue weighted by Crippen LogP contribution is 2.33. The van der Waals surface area contributed by atoms with Gasteiger partial charge in [0.2, 0.25) is 0 Å². The molecule has 0 heterocycles. The molecule has 136 valence electrons. The van der Waals surface area contributed by atoms with Crippen LogP contribution in [-0.2, 0) is 21.6 Å². The van der Waals surface area contributed by atoms with E-state index in [-0.39, 0.29) is 15.6 Å². The van der Waals surface area contributed by atoms with E-state index in [2.05, 4.69) is 20.7 Å². The van der Waals surface area contributed by atoms with Crippen molar-refractivity contribution in [2.24, 2.45) is 0 Å². The third kappa shape index (κ3) is 4.98. The molecule has 0 saturated carbocycles. The predicted octanol–water partition coefficient (Wildman–Crippen LogP) is 5.57. The molecule has 0 amide bonds. The average molecular weight is 436 g/mol. The second-order valence-electron chi connectivity index (χ2n) is 6.61. The fourth-order valence-corrected chi connectivity index (χ4v) is 3.91. The maximum Gasteiger partial charge on any atom is 0.416 e. The third-order valence-electron chi connectivity index (χ3n) is 3.51. The normalized spacial score (nSPS) is 12.9. The fourth-order valence-electron chi connectivity index (χ4n) is 2.13. The molecular formula is C17H17BrF3NO2S. The van der Waals surface area contributed by atoms with Crippen molar-refractivity contribution in [1.82, 2.24) is 0 Å². The Hall–Kier alpha value is -1.54. The maximum atomic E-state index is 12.9. The number of anilines is 1. The predicted molar refractivity (Wildman–Crippen MR) is 95.1 cm³/mol. The molecule has 3 nitrogen and oxygen atoms in total. The van der Waals surface area contributed by atoms with Gasteiger partial charge in [0.15, 0.2) is 0 Å². The Kier molecular flexibility index (Phi) is 5.26. The highest BCUT2D eigenvalue weighted by Gasteiger charge is 2.32. The van der Waals surface area contributed by atoms with Crippen molar-refractivity contribution in [3.05, 3.63) is 58.1 Å². The van der Waals surface area contributed by atoms with Gasteiger partial charge in [-0.15, -0.1) is 0 Å². The molecule has 25 heavy (non-hydrogen) atoms. The summed E-state index contributed by atoms with van der Waals surface area (Å²) >= 11 is 2.92. The number of hydrogen-bond acceptors (Lipinski definition) is 2. The van der Waals surface area contributed by atoms with E-state index in [9.17, 15) is 21.6 Å². The van der Waals surface area contributed by atoms with Crippen LogP contribution in [0.4, 0.5) is 18.9 Å². The molecular weight excluding hydrogens is 419 g/mol. The van der Waals surface area contributed by atoms with Gasteiger partial charge in [0.25, 0.3) is 10.0 Å². The van der Waals surface area contributed by atoms with Crippen molar-refractivity contribution < 1.29 is 21.6 Å². The smallest absolute Gasteiger partial charge is 0.280 e. The first-order valence-corrected chi connectivity index (χ1v) is 9.58. The van der Waals surface area contributed by atoms with E-state index in [1.807, 2.05) is 20.8 Å².